The van der Waals surface area contributed by atoms with Crippen LogP contribution >= 0.6 is 0 Å². The van der Waals surface area contributed by atoms with Gasteiger partial charge in [-0.25, -0.2) is 13.4 Å². The first-order chi connectivity index (χ1) is 9.73. The third-order valence-corrected chi connectivity index (χ3v) is 5.90. The molecule has 0 aliphatic carbocycles. The lowest BCUT2D eigenvalue weighted by Crippen LogP contribution is -2.50. The molecule has 118 valence electrons. The summed E-state index contributed by atoms with van der Waals surface area (Å²) in [6.45, 7) is 6.09. The second-order valence-corrected chi connectivity index (χ2v) is 7.39. The number of sulfonamides is 1. The van der Waals surface area contributed by atoms with E-state index in [0.717, 1.165) is 10.7 Å². The minimum absolute atomic E-state index is 0.0668. The Hall–Kier alpha value is -1.41. The fourth-order valence-corrected chi connectivity index (χ4v) is 4.52. The van der Waals surface area contributed by atoms with Crippen molar-refractivity contribution < 1.29 is 18.3 Å². The highest BCUT2D eigenvalue weighted by Crippen LogP contribution is 2.34. The molecule has 2 rings (SSSR count). The molecule has 1 aliphatic heterocycles. The lowest BCUT2D eigenvalue weighted by Gasteiger charge is -2.29. The van der Waals surface area contributed by atoms with Gasteiger partial charge in [0, 0.05) is 19.3 Å². The lowest BCUT2D eigenvalue weighted by molar-refractivity contribution is -0.146. The molecule has 1 aromatic rings. The van der Waals surface area contributed by atoms with Crippen molar-refractivity contribution in [2.45, 2.75) is 57.1 Å². The van der Waals surface area contributed by atoms with Crippen molar-refractivity contribution in [3.05, 3.63) is 12.0 Å². The zero-order valence-corrected chi connectivity index (χ0v) is 13.4. The summed E-state index contributed by atoms with van der Waals surface area (Å²) < 4.78 is 28.3. The predicted octanol–water partition coefficient (Wildman–Crippen LogP) is 1.23. The van der Waals surface area contributed by atoms with E-state index in [0.29, 0.717) is 25.2 Å². The molecule has 0 aromatic carbocycles. The van der Waals surface area contributed by atoms with E-state index in [2.05, 4.69) is 4.98 Å². The number of hydrogen-bond acceptors (Lipinski definition) is 4. The zero-order valence-electron chi connectivity index (χ0n) is 12.5. The van der Waals surface area contributed by atoms with Crippen molar-refractivity contribution in [2.75, 3.05) is 6.54 Å². The van der Waals surface area contributed by atoms with Gasteiger partial charge in [-0.2, -0.15) is 4.31 Å². The molecule has 1 aromatic heterocycles. The first kappa shape index (κ1) is 16.0. The summed E-state index contributed by atoms with van der Waals surface area (Å²) in [5.41, 5.74) is -1.39. The molecule has 1 aliphatic rings. The van der Waals surface area contributed by atoms with Crippen molar-refractivity contribution in [3.8, 4) is 0 Å². The molecule has 1 unspecified atom stereocenters. The highest BCUT2D eigenvalue weighted by molar-refractivity contribution is 7.89. The maximum Gasteiger partial charge on any atom is 0.324 e. The summed E-state index contributed by atoms with van der Waals surface area (Å²) >= 11 is 0. The fraction of sp³-hybridized carbons (Fsp3) is 0.692. The van der Waals surface area contributed by atoms with E-state index in [-0.39, 0.29) is 11.6 Å². The molecule has 8 heteroatoms. The Bertz CT molecular complexity index is 652. The van der Waals surface area contributed by atoms with Crippen LogP contribution in [0, 0.1) is 6.92 Å². The van der Waals surface area contributed by atoms with Gasteiger partial charge in [0.1, 0.15) is 11.4 Å². The SMILES string of the molecule is CCCn1cc(S(=O)(=O)N2CCCC2(C)C(=O)O)nc1C. The molecule has 1 atom stereocenters. The normalized spacial score (nSPS) is 23.6. The minimum Gasteiger partial charge on any atom is -0.480 e. The highest BCUT2D eigenvalue weighted by Gasteiger charge is 2.50. The molecule has 0 amide bonds. The Morgan fingerprint density at radius 1 is 1.52 bits per heavy atom. The van der Waals surface area contributed by atoms with Crippen molar-refractivity contribution in [2.24, 2.45) is 0 Å². The first-order valence-corrected chi connectivity index (χ1v) is 8.47. The van der Waals surface area contributed by atoms with Gasteiger partial charge in [0.15, 0.2) is 5.03 Å². The largest absolute Gasteiger partial charge is 0.480 e. The van der Waals surface area contributed by atoms with Gasteiger partial charge in [-0.3, -0.25) is 4.79 Å². The molecule has 1 N–H and O–H groups in total. The van der Waals surface area contributed by atoms with Gasteiger partial charge in [0.25, 0.3) is 10.0 Å². The zero-order chi connectivity index (χ0) is 15.8. The first-order valence-electron chi connectivity index (χ1n) is 7.03. The second-order valence-electron chi connectivity index (χ2n) is 5.58. The quantitative estimate of drug-likeness (QED) is 0.882. The molecule has 2 heterocycles. The maximum absolute atomic E-state index is 12.7. The number of aliphatic carboxylic acids is 1. The Morgan fingerprint density at radius 2 is 2.19 bits per heavy atom. The number of carboxylic acid groups (broad SMARTS) is 1. The predicted molar refractivity (Wildman–Crippen MR) is 76.4 cm³/mol. The van der Waals surface area contributed by atoms with Gasteiger partial charge in [-0.15, -0.1) is 0 Å². The van der Waals surface area contributed by atoms with Crippen LogP contribution in [0.15, 0.2) is 11.2 Å². The van der Waals surface area contributed by atoms with Gasteiger partial charge < -0.3 is 9.67 Å². The third kappa shape index (κ3) is 2.57. The smallest absolute Gasteiger partial charge is 0.324 e. The van der Waals surface area contributed by atoms with E-state index in [4.69, 9.17) is 0 Å². The topological polar surface area (TPSA) is 92.5 Å². The van der Waals surface area contributed by atoms with Crippen LogP contribution in [0.1, 0.15) is 38.9 Å². The van der Waals surface area contributed by atoms with Crippen molar-refractivity contribution in [1.82, 2.24) is 13.9 Å². The molecule has 21 heavy (non-hydrogen) atoms. The summed E-state index contributed by atoms with van der Waals surface area (Å²) in [6, 6.07) is 0. The molecular formula is C13H21N3O4S. The summed E-state index contributed by atoms with van der Waals surface area (Å²) in [7, 11) is -3.89. The fourth-order valence-electron chi connectivity index (χ4n) is 2.72. The summed E-state index contributed by atoms with van der Waals surface area (Å²) in [5, 5.41) is 9.30. The Balaban J connectivity index is 2.42. The molecule has 1 saturated heterocycles. The van der Waals surface area contributed by atoms with Gasteiger partial charge in [-0.1, -0.05) is 6.92 Å². The van der Waals surface area contributed by atoms with Crippen LogP contribution in [0.25, 0.3) is 0 Å². The number of nitrogens with zero attached hydrogens (tertiary/aromatic N) is 3. The van der Waals surface area contributed by atoms with E-state index in [1.807, 2.05) is 6.92 Å². The van der Waals surface area contributed by atoms with Crippen LogP contribution < -0.4 is 0 Å². The summed E-state index contributed by atoms with van der Waals surface area (Å²) in [5.74, 6) is -0.500. The van der Waals surface area contributed by atoms with Gasteiger partial charge in [0.2, 0.25) is 0 Å². The highest BCUT2D eigenvalue weighted by atomic mass is 32.2. The monoisotopic (exact) mass is 315 g/mol. The molecule has 0 saturated carbocycles. The van der Waals surface area contributed by atoms with E-state index >= 15 is 0 Å². The number of aryl methyl sites for hydroxylation is 2. The molecule has 0 radical (unpaired) electrons. The van der Waals surface area contributed by atoms with Crippen molar-refractivity contribution >= 4 is 16.0 Å². The number of carbonyl (C=O) groups is 1. The van der Waals surface area contributed by atoms with E-state index in [9.17, 15) is 18.3 Å². The van der Waals surface area contributed by atoms with E-state index in [1.54, 1.807) is 11.5 Å². The number of imidazole rings is 1. The molecule has 1 fully saturated rings. The molecule has 7 nitrogen and oxygen atoms in total. The Labute approximate surface area is 124 Å². The third-order valence-electron chi connectivity index (χ3n) is 4.01. The number of carboxylic acids is 1. The number of aromatic nitrogens is 2. The summed E-state index contributed by atoms with van der Waals surface area (Å²) in [4.78, 5) is 15.6. The lowest BCUT2D eigenvalue weighted by atomic mass is 10.0. The van der Waals surface area contributed by atoms with Crippen LogP contribution in [0.4, 0.5) is 0 Å². The minimum atomic E-state index is -3.89. The number of rotatable bonds is 5. The van der Waals surface area contributed by atoms with Crippen LogP contribution in [0.3, 0.4) is 0 Å². The van der Waals surface area contributed by atoms with Crippen LogP contribution in [0.2, 0.25) is 0 Å². The van der Waals surface area contributed by atoms with E-state index < -0.39 is 21.5 Å². The second kappa shape index (κ2) is 5.42. The van der Waals surface area contributed by atoms with Crippen LogP contribution in [0.5, 0.6) is 0 Å². The molecule has 0 bridgehead atoms. The van der Waals surface area contributed by atoms with Crippen LogP contribution in [-0.2, 0) is 21.4 Å². The Morgan fingerprint density at radius 3 is 2.76 bits per heavy atom. The van der Waals surface area contributed by atoms with Gasteiger partial charge >= 0.3 is 5.97 Å². The average molecular weight is 315 g/mol. The molecule has 0 spiro atoms. The summed E-state index contributed by atoms with van der Waals surface area (Å²) in [6.07, 6.45) is 3.22. The van der Waals surface area contributed by atoms with Crippen molar-refractivity contribution in [3.63, 3.8) is 0 Å². The van der Waals surface area contributed by atoms with Crippen molar-refractivity contribution in [1.29, 1.82) is 0 Å². The molecular weight excluding hydrogens is 294 g/mol. The van der Waals surface area contributed by atoms with Crippen LogP contribution in [-0.4, -0.2) is 45.4 Å². The number of hydrogen-bond donors (Lipinski definition) is 1. The average Bonchev–Trinajstić information content (AvgIpc) is 2.96. The van der Waals surface area contributed by atoms with E-state index in [1.165, 1.54) is 13.1 Å². The Kier molecular flexibility index (Phi) is 4.12. The van der Waals surface area contributed by atoms with Gasteiger partial charge in [-0.05, 0) is 33.1 Å². The maximum atomic E-state index is 12.7. The van der Waals surface area contributed by atoms with Gasteiger partial charge in [0.05, 0.1) is 0 Å². The standard InChI is InChI=1S/C13H21N3O4S/c1-4-7-15-9-11(14-10(15)2)21(19,20)16-8-5-6-13(16,3)12(17)18/h9H,4-8H2,1-3H3,(H,17,18).